The number of amides is 2. The summed E-state index contributed by atoms with van der Waals surface area (Å²) in [6.07, 6.45) is 1.86. The van der Waals surface area contributed by atoms with Crippen LogP contribution < -0.4 is 0 Å². The van der Waals surface area contributed by atoms with Crippen molar-refractivity contribution in [3.8, 4) is 0 Å². The molecule has 0 aliphatic carbocycles. The molecule has 1 saturated heterocycles. The molecule has 5 rings (SSSR count). The van der Waals surface area contributed by atoms with E-state index < -0.39 is 6.04 Å². The number of hydrogen-bond donors (Lipinski definition) is 1. The van der Waals surface area contributed by atoms with Crippen molar-refractivity contribution in [3.05, 3.63) is 71.2 Å². The van der Waals surface area contributed by atoms with Crippen LogP contribution in [0.4, 0.5) is 4.39 Å². The van der Waals surface area contributed by atoms with Gasteiger partial charge in [-0.3, -0.25) is 9.59 Å². The van der Waals surface area contributed by atoms with Gasteiger partial charge in [-0.2, -0.15) is 5.10 Å². The molecule has 0 radical (unpaired) electrons. The first-order valence-electron chi connectivity index (χ1n) is 9.09. The summed E-state index contributed by atoms with van der Waals surface area (Å²) in [4.78, 5) is 30.6. The Labute approximate surface area is 160 Å². The maximum atomic E-state index is 13.3. The molecule has 1 atom stereocenters. The van der Waals surface area contributed by atoms with Crippen LogP contribution >= 0.6 is 0 Å². The molecule has 1 fully saturated rings. The molecule has 0 spiro atoms. The van der Waals surface area contributed by atoms with Gasteiger partial charge in [0.05, 0.1) is 12.8 Å². The van der Waals surface area contributed by atoms with Crippen molar-refractivity contribution < 1.29 is 14.0 Å². The van der Waals surface area contributed by atoms with Crippen LogP contribution in [-0.4, -0.2) is 45.5 Å². The smallest absolute Gasteiger partial charge is 0.266 e. The molecular weight excluding hydrogens is 359 g/mol. The predicted octanol–water partition coefficient (Wildman–Crippen LogP) is 2.44. The minimum Gasteiger partial charge on any atom is -0.357 e. The Bertz CT molecular complexity index is 1140. The van der Waals surface area contributed by atoms with E-state index in [0.717, 1.165) is 22.2 Å². The number of para-hydroxylation sites is 1. The average Bonchev–Trinajstić information content (AvgIpc) is 3.06. The minimum absolute atomic E-state index is 0.114. The molecule has 3 aromatic rings. The number of aromatic amines is 1. The highest BCUT2D eigenvalue weighted by atomic mass is 19.1. The van der Waals surface area contributed by atoms with Gasteiger partial charge in [-0.1, -0.05) is 30.3 Å². The van der Waals surface area contributed by atoms with Gasteiger partial charge in [-0.05, 0) is 29.3 Å². The Morgan fingerprint density at radius 3 is 2.82 bits per heavy atom. The summed E-state index contributed by atoms with van der Waals surface area (Å²) in [7, 11) is 0. The standard InChI is InChI=1S/C21H17FN4O2/c22-14-5-3-4-13(8-14)10-23-26-12-20(27)25-11-18-16(9-19(25)21(26)28)15-6-1-2-7-17(15)24-18/h1-8,10,19,24H,9,11-12H2. The van der Waals surface area contributed by atoms with Crippen molar-refractivity contribution in [2.45, 2.75) is 19.0 Å². The summed E-state index contributed by atoms with van der Waals surface area (Å²) in [6.45, 7) is 0.275. The molecule has 2 aliphatic heterocycles. The fraction of sp³-hybridized carbons (Fsp3) is 0.190. The van der Waals surface area contributed by atoms with Gasteiger partial charge in [0.25, 0.3) is 5.91 Å². The van der Waals surface area contributed by atoms with Gasteiger partial charge in [0, 0.05) is 23.0 Å². The number of aromatic nitrogens is 1. The van der Waals surface area contributed by atoms with Crippen molar-refractivity contribution in [1.82, 2.24) is 14.9 Å². The topological polar surface area (TPSA) is 68.8 Å². The number of nitrogens with one attached hydrogen (secondary N) is 1. The molecule has 28 heavy (non-hydrogen) atoms. The van der Waals surface area contributed by atoms with Gasteiger partial charge in [0.1, 0.15) is 18.4 Å². The maximum absolute atomic E-state index is 13.3. The van der Waals surface area contributed by atoms with E-state index in [1.165, 1.54) is 23.4 Å². The third-order valence-electron chi connectivity index (χ3n) is 5.34. The average molecular weight is 376 g/mol. The Morgan fingerprint density at radius 1 is 1.11 bits per heavy atom. The first-order valence-corrected chi connectivity index (χ1v) is 9.09. The Kier molecular flexibility index (Phi) is 3.75. The molecular formula is C21H17FN4O2. The van der Waals surface area contributed by atoms with E-state index in [1.807, 2.05) is 24.3 Å². The molecule has 1 aromatic heterocycles. The van der Waals surface area contributed by atoms with E-state index in [1.54, 1.807) is 17.0 Å². The van der Waals surface area contributed by atoms with Gasteiger partial charge < -0.3 is 9.88 Å². The van der Waals surface area contributed by atoms with E-state index in [-0.39, 0.29) is 24.2 Å². The first-order chi connectivity index (χ1) is 13.6. The van der Waals surface area contributed by atoms with Gasteiger partial charge >= 0.3 is 0 Å². The number of carbonyl (C=O) groups excluding carboxylic acids is 2. The first kappa shape index (κ1) is 16.7. The number of H-pyrrole nitrogens is 1. The second kappa shape index (κ2) is 6.30. The number of hydrazone groups is 1. The zero-order valence-electron chi connectivity index (χ0n) is 14.9. The SMILES string of the molecule is O=C1C2Cc3c([nH]c4ccccc34)CN2C(=O)CN1N=Cc1cccc(F)c1. The quantitative estimate of drug-likeness (QED) is 0.698. The van der Waals surface area contributed by atoms with Crippen LogP contribution in [0.2, 0.25) is 0 Å². The van der Waals surface area contributed by atoms with Gasteiger partial charge in [-0.25, -0.2) is 9.40 Å². The fourth-order valence-electron chi connectivity index (χ4n) is 3.98. The summed E-state index contributed by atoms with van der Waals surface area (Å²) in [5, 5.41) is 6.43. The Morgan fingerprint density at radius 2 is 1.96 bits per heavy atom. The summed E-state index contributed by atoms with van der Waals surface area (Å²) >= 11 is 0. The lowest BCUT2D eigenvalue weighted by molar-refractivity contribution is -0.157. The number of benzene rings is 2. The second-order valence-electron chi connectivity index (χ2n) is 7.06. The molecule has 1 unspecified atom stereocenters. The van der Waals surface area contributed by atoms with E-state index in [9.17, 15) is 14.0 Å². The van der Waals surface area contributed by atoms with Crippen LogP contribution in [0.15, 0.2) is 53.6 Å². The summed E-state index contributed by atoms with van der Waals surface area (Å²) in [5.41, 5.74) is 3.60. The van der Waals surface area contributed by atoms with Crippen LogP contribution in [0.25, 0.3) is 10.9 Å². The number of piperazine rings is 1. The second-order valence-corrected chi connectivity index (χ2v) is 7.06. The van der Waals surface area contributed by atoms with Crippen LogP contribution in [0.5, 0.6) is 0 Å². The number of rotatable bonds is 2. The highest BCUT2D eigenvalue weighted by Crippen LogP contribution is 2.32. The summed E-state index contributed by atoms with van der Waals surface area (Å²) < 4.78 is 13.3. The zero-order chi connectivity index (χ0) is 19.3. The van der Waals surface area contributed by atoms with Crippen molar-refractivity contribution in [1.29, 1.82) is 0 Å². The van der Waals surface area contributed by atoms with Crippen LogP contribution in [0, 0.1) is 5.82 Å². The normalized spacial score (nSPS) is 19.4. The molecule has 0 saturated carbocycles. The minimum atomic E-state index is -0.572. The van der Waals surface area contributed by atoms with Crippen molar-refractivity contribution in [2.75, 3.05) is 6.54 Å². The predicted molar refractivity (Wildman–Crippen MR) is 102 cm³/mol. The molecule has 1 N–H and O–H groups in total. The Hall–Kier alpha value is -3.48. The summed E-state index contributed by atoms with van der Waals surface area (Å²) in [5.74, 6) is -0.746. The molecule has 2 amide bonds. The van der Waals surface area contributed by atoms with E-state index in [4.69, 9.17) is 0 Å². The zero-order valence-corrected chi connectivity index (χ0v) is 14.9. The molecule has 3 heterocycles. The van der Waals surface area contributed by atoms with Gasteiger partial charge in [0.2, 0.25) is 5.91 Å². The van der Waals surface area contributed by atoms with E-state index in [2.05, 4.69) is 10.1 Å². The molecule has 2 aromatic carbocycles. The number of carbonyl (C=O) groups is 2. The van der Waals surface area contributed by atoms with Gasteiger partial charge in [-0.15, -0.1) is 0 Å². The van der Waals surface area contributed by atoms with Crippen molar-refractivity contribution in [3.63, 3.8) is 0 Å². The maximum Gasteiger partial charge on any atom is 0.266 e. The lowest BCUT2D eigenvalue weighted by Crippen LogP contribution is -2.60. The number of hydrogen-bond acceptors (Lipinski definition) is 3. The summed E-state index contributed by atoms with van der Waals surface area (Å²) in [6, 6.07) is 13.3. The number of fused-ring (bicyclic) bond motifs is 4. The van der Waals surface area contributed by atoms with Crippen LogP contribution in [0.1, 0.15) is 16.8 Å². The highest BCUT2D eigenvalue weighted by Gasteiger charge is 2.43. The third kappa shape index (κ3) is 2.67. The monoisotopic (exact) mass is 376 g/mol. The number of halogens is 1. The fourth-order valence-corrected chi connectivity index (χ4v) is 3.98. The van der Waals surface area contributed by atoms with Crippen molar-refractivity contribution in [2.24, 2.45) is 5.10 Å². The lowest BCUT2D eigenvalue weighted by atomic mass is 9.94. The third-order valence-corrected chi connectivity index (χ3v) is 5.34. The molecule has 0 bridgehead atoms. The van der Waals surface area contributed by atoms with Crippen LogP contribution in [0.3, 0.4) is 0 Å². The largest absolute Gasteiger partial charge is 0.357 e. The molecule has 2 aliphatic rings. The molecule has 7 heteroatoms. The number of nitrogens with zero attached hydrogens (tertiary/aromatic N) is 3. The highest BCUT2D eigenvalue weighted by molar-refractivity contribution is 5.97. The lowest BCUT2D eigenvalue weighted by Gasteiger charge is -2.40. The Balaban J connectivity index is 1.45. The van der Waals surface area contributed by atoms with E-state index in [0.29, 0.717) is 18.5 Å². The van der Waals surface area contributed by atoms with Gasteiger partial charge in [0.15, 0.2) is 0 Å². The molecule has 6 nitrogen and oxygen atoms in total. The molecule has 140 valence electrons. The van der Waals surface area contributed by atoms with E-state index >= 15 is 0 Å². The van der Waals surface area contributed by atoms with Crippen LogP contribution in [-0.2, 0) is 22.6 Å². The van der Waals surface area contributed by atoms with Crippen molar-refractivity contribution >= 4 is 28.9 Å².